The standard InChI is InChI=1S/C17H20FNO2/c1-11-4-3-7-17(9-11)10-14(20)19-16(21)15(17)12-5-2-6-13(18)8-12/h2,5-6,8,11,15H,3-4,7,9-10H2,1H3,(H,19,20,21). The van der Waals surface area contributed by atoms with Crippen LogP contribution in [-0.4, -0.2) is 11.8 Å². The van der Waals surface area contributed by atoms with Crippen molar-refractivity contribution >= 4 is 11.8 Å². The van der Waals surface area contributed by atoms with E-state index in [1.807, 2.05) is 0 Å². The van der Waals surface area contributed by atoms with Gasteiger partial charge in [-0.05, 0) is 41.9 Å². The lowest BCUT2D eigenvalue weighted by molar-refractivity contribution is -0.142. The quantitative estimate of drug-likeness (QED) is 0.807. The zero-order valence-corrected chi connectivity index (χ0v) is 12.2. The molecule has 112 valence electrons. The van der Waals surface area contributed by atoms with E-state index in [0.717, 1.165) is 25.7 Å². The number of amides is 2. The van der Waals surface area contributed by atoms with Crippen LogP contribution in [0, 0.1) is 17.2 Å². The molecular formula is C17H20FNO2. The van der Waals surface area contributed by atoms with Crippen LogP contribution in [-0.2, 0) is 9.59 Å². The molecule has 3 unspecified atom stereocenters. The lowest BCUT2D eigenvalue weighted by atomic mass is 9.58. The van der Waals surface area contributed by atoms with E-state index in [2.05, 4.69) is 12.2 Å². The molecular weight excluding hydrogens is 269 g/mol. The number of imide groups is 1. The van der Waals surface area contributed by atoms with Gasteiger partial charge in [-0.15, -0.1) is 0 Å². The topological polar surface area (TPSA) is 46.2 Å². The summed E-state index contributed by atoms with van der Waals surface area (Å²) < 4.78 is 13.6. The van der Waals surface area contributed by atoms with E-state index in [-0.39, 0.29) is 23.0 Å². The highest BCUT2D eigenvalue weighted by Gasteiger charge is 2.50. The Hall–Kier alpha value is -1.71. The number of benzene rings is 1. The number of hydrogen-bond donors (Lipinski definition) is 1. The summed E-state index contributed by atoms with van der Waals surface area (Å²) in [6.07, 6.45) is 4.23. The van der Waals surface area contributed by atoms with Crippen molar-refractivity contribution in [3.05, 3.63) is 35.6 Å². The highest BCUT2D eigenvalue weighted by Crippen LogP contribution is 2.53. The Morgan fingerprint density at radius 3 is 2.86 bits per heavy atom. The maximum Gasteiger partial charge on any atom is 0.234 e. The van der Waals surface area contributed by atoms with Gasteiger partial charge in [0, 0.05) is 6.42 Å². The maximum absolute atomic E-state index is 13.6. The van der Waals surface area contributed by atoms with Gasteiger partial charge in [-0.1, -0.05) is 31.9 Å². The van der Waals surface area contributed by atoms with E-state index in [0.29, 0.717) is 17.9 Å². The predicted octanol–water partition coefficient (Wildman–Crippen LogP) is 3.15. The van der Waals surface area contributed by atoms with Crippen molar-refractivity contribution in [2.75, 3.05) is 0 Å². The van der Waals surface area contributed by atoms with E-state index in [9.17, 15) is 14.0 Å². The second-order valence-corrected chi connectivity index (χ2v) is 6.64. The first kappa shape index (κ1) is 14.2. The molecule has 21 heavy (non-hydrogen) atoms. The van der Waals surface area contributed by atoms with Gasteiger partial charge in [0.15, 0.2) is 0 Å². The first-order chi connectivity index (χ1) is 10.00. The molecule has 1 spiro atoms. The first-order valence-electron chi connectivity index (χ1n) is 7.59. The van der Waals surface area contributed by atoms with Crippen LogP contribution in [0.5, 0.6) is 0 Å². The van der Waals surface area contributed by atoms with Crippen molar-refractivity contribution in [2.24, 2.45) is 11.3 Å². The third-order valence-electron chi connectivity index (χ3n) is 4.96. The monoisotopic (exact) mass is 289 g/mol. The highest BCUT2D eigenvalue weighted by atomic mass is 19.1. The largest absolute Gasteiger partial charge is 0.296 e. The van der Waals surface area contributed by atoms with Crippen LogP contribution in [0.1, 0.15) is 50.5 Å². The molecule has 1 aromatic carbocycles. The van der Waals surface area contributed by atoms with Crippen molar-refractivity contribution in [1.29, 1.82) is 0 Å². The third-order valence-corrected chi connectivity index (χ3v) is 4.96. The minimum absolute atomic E-state index is 0.193. The third kappa shape index (κ3) is 2.59. The van der Waals surface area contributed by atoms with E-state index in [4.69, 9.17) is 0 Å². The Morgan fingerprint density at radius 2 is 2.14 bits per heavy atom. The molecule has 1 saturated heterocycles. The van der Waals surface area contributed by atoms with Crippen LogP contribution in [0.25, 0.3) is 0 Å². The second-order valence-electron chi connectivity index (χ2n) is 6.64. The Morgan fingerprint density at radius 1 is 1.33 bits per heavy atom. The SMILES string of the molecule is CC1CCCC2(CC(=O)NC(=O)C2c2cccc(F)c2)C1. The van der Waals surface area contributed by atoms with Gasteiger partial charge >= 0.3 is 0 Å². The Balaban J connectivity index is 2.04. The smallest absolute Gasteiger partial charge is 0.234 e. The average Bonchev–Trinajstić information content (AvgIpc) is 2.37. The summed E-state index contributed by atoms with van der Waals surface area (Å²) in [7, 11) is 0. The molecule has 3 atom stereocenters. The molecule has 1 aliphatic heterocycles. The van der Waals surface area contributed by atoms with Gasteiger partial charge in [0.2, 0.25) is 11.8 Å². The van der Waals surface area contributed by atoms with Gasteiger partial charge in [-0.3, -0.25) is 14.9 Å². The van der Waals surface area contributed by atoms with Crippen LogP contribution in [0.4, 0.5) is 4.39 Å². The molecule has 0 aromatic heterocycles. The summed E-state index contributed by atoms with van der Waals surface area (Å²) >= 11 is 0. The van der Waals surface area contributed by atoms with Gasteiger partial charge in [0.05, 0.1) is 5.92 Å². The molecule has 1 saturated carbocycles. The predicted molar refractivity (Wildman–Crippen MR) is 77.0 cm³/mol. The van der Waals surface area contributed by atoms with Crippen molar-refractivity contribution in [3.63, 3.8) is 0 Å². The van der Waals surface area contributed by atoms with Gasteiger partial charge in [-0.2, -0.15) is 0 Å². The first-order valence-corrected chi connectivity index (χ1v) is 7.59. The van der Waals surface area contributed by atoms with Crippen LogP contribution >= 0.6 is 0 Å². The summed E-state index contributed by atoms with van der Waals surface area (Å²) in [6, 6.07) is 6.24. The Labute approximate surface area is 123 Å². The van der Waals surface area contributed by atoms with Gasteiger partial charge < -0.3 is 0 Å². The average molecular weight is 289 g/mol. The van der Waals surface area contributed by atoms with Crippen LogP contribution in [0.3, 0.4) is 0 Å². The van der Waals surface area contributed by atoms with Crippen LogP contribution < -0.4 is 5.32 Å². The van der Waals surface area contributed by atoms with E-state index < -0.39 is 5.92 Å². The molecule has 1 N–H and O–H groups in total. The molecule has 2 fully saturated rings. The summed E-state index contributed by atoms with van der Waals surface area (Å²) in [6.45, 7) is 2.17. The lowest BCUT2D eigenvalue weighted by Crippen LogP contribution is -2.52. The summed E-state index contributed by atoms with van der Waals surface area (Å²) in [5.74, 6) is -0.730. The molecule has 2 aliphatic rings. The van der Waals surface area contributed by atoms with E-state index >= 15 is 0 Å². The lowest BCUT2D eigenvalue weighted by Gasteiger charge is -2.47. The minimum Gasteiger partial charge on any atom is -0.296 e. The van der Waals surface area contributed by atoms with Crippen molar-refractivity contribution in [3.8, 4) is 0 Å². The van der Waals surface area contributed by atoms with Crippen LogP contribution in [0.2, 0.25) is 0 Å². The molecule has 0 radical (unpaired) electrons. The number of nitrogens with one attached hydrogen (secondary N) is 1. The van der Waals surface area contributed by atoms with Crippen molar-refractivity contribution in [2.45, 2.75) is 44.9 Å². The van der Waals surface area contributed by atoms with E-state index in [1.54, 1.807) is 12.1 Å². The molecule has 0 bridgehead atoms. The second kappa shape index (κ2) is 5.24. The van der Waals surface area contributed by atoms with Gasteiger partial charge in [0.1, 0.15) is 5.82 Å². The number of carbonyl (C=O) groups is 2. The van der Waals surface area contributed by atoms with Gasteiger partial charge in [-0.25, -0.2) is 4.39 Å². The van der Waals surface area contributed by atoms with Crippen LogP contribution in [0.15, 0.2) is 24.3 Å². The molecule has 1 aromatic rings. The fraction of sp³-hybridized carbons (Fsp3) is 0.529. The molecule has 2 amide bonds. The fourth-order valence-corrected chi connectivity index (χ4v) is 4.27. The molecule has 4 heteroatoms. The zero-order valence-electron chi connectivity index (χ0n) is 12.2. The molecule has 3 rings (SSSR count). The Kier molecular flexibility index (Phi) is 3.56. The minimum atomic E-state index is -0.423. The van der Waals surface area contributed by atoms with Crippen molar-refractivity contribution < 1.29 is 14.0 Å². The summed E-state index contributed by atoms with van der Waals surface area (Å²) in [5.41, 5.74) is 0.347. The number of rotatable bonds is 1. The number of hydrogen-bond acceptors (Lipinski definition) is 2. The number of carbonyl (C=O) groups excluding carboxylic acids is 2. The Bertz CT molecular complexity index is 586. The molecule has 1 heterocycles. The van der Waals surface area contributed by atoms with Crippen molar-refractivity contribution in [1.82, 2.24) is 5.32 Å². The summed E-state index contributed by atoms with van der Waals surface area (Å²) in [4.78, 5) is 24.3. The molecule has 3 nitrogen and oxygen atoms in total. The molecule has 1 aliphatic carbocycles. The zero-order chi connectivity index (χ0) is 15.0. The highest BCUT2D eigenvalue weighted by molar-refractivity contribution is 6.02. The van der Waals surface area contributed by atoms with E-state index in [1.165, 1.54) is 12.1 Å². The normalized spacial score (nSPS) is 33.0. The van der Waals surface area contributed by atoms with Gasteiger partial charge in [0.25, 0.3) is 0 Å². The number of halogens is 1. The summed E-state index contributed by atoms with van der Waals surface area (Å²) in [5, 5.41) is 2.43. The number of piperidine rings is 1. The maximum atomic E-state index is 13.6. The fourth-order valence-electron chi connectivity index (χ4n) is 4.27.